The van der Waals surface area contributed by atoms with E-state index < -0.39 is 11.8 Å². The first kappa shape index (κ1) is 14.1. The lowest BCUT2D eigenvalue weighted by atomic mass is 10.0. The van der Waals surface area contributed by atoms with Gasteiger partial charge >= 0.3 is 0 Å². The standard InChI is InChI=1S/C15H14N2O2S/c1-3-8-17-14(19)12(13(18)16-15(17)20)9-11-7-5-4-6-10(11)2/h3-7,9H,1,8H2,2H3,(H,16,18,20)/b12-9+. The lowest BCUT2D eigenvalue weighted by molar-refractivity contribution is -0.128. The first-order chi connectivity index (χ1) is 9.54. The molecule has 5 heteroatoms. The van der Waals surface area contributed by atoms with Crippen LogP contribution in [0.4, 0.5) is 0 Å². The molecule has 1 aromatic carbocycles. The third kappa shape index (κ3) is 2.67. The Morgan fingerprint density at radius 3 is 2.70 bits per heavy atom. The van der Waals surface area contributed by atoms with Gasteiger partial charge in [0.1, 0.15) is 5.57 Å². The largest absolute Gasteiger partial charge is 0.298 e. The number of amides is 2. The molecule has 0 spiro atoms. The van der Waals surface area contributed by atoms with Crippen LogP contribution in [0.2, 0.25) is 0 Å². The van der Waals surface area contributed by atoms with Gasteiger partial charge in [-0.15, -0.1) is 6.58 Å². The molecule has 2 amide bonds. The molecule has 20 heavy (non-hydrogen) atoms. The fourth-order valence-electron chi connectivity index (χ4n) is 1.89. The molecule has 0 bridgehead atoms. The van der Waals surface area contributed by atoms with E-state index in [1.165, 1.54) is 4.90 Å². The highest BCUT2D eigenvalue weighted by atomic mass is 32.1. The van der Waals surface area contributed by atoms with E-state index in [4.69, 9.17) is 12.2 Å². The zero-order chi connectivity index (χ0) is 14.7. The Bertz CT molecular complexity index is 635. The summed E-state index contributed by atoms with van der Waals surface area (Å²) in [5.41, 5.74) is 1.90. The van der Waals surface area contributed by atoms with E-state index >= 15 is 0 Å². The topological polar surface area (TPSA) is 49.4 Å². The zero-order valence-electron chi connectivity index (χ0n) is 11.1. The number of nitrogens with zero attached hydrogens (tertiary/aromatic N) is 1. The highest BCUT2D eigenvalue weighted by molar-refractivity contribution is 7.80. The Hall–Kier alpha value is -2.27. The maximum absolute atomic E-state index is 12.3. The average molecular weight is 286 g/mol. The summed E-state index contributed by atoms with van der Waals surface area (Å²) in [7, 11) is 0. The van der Waals surface area contributed by atoms with Crippen molar-refractivity contribution in [3.05, 3.63) is 53.6 Å². The van der Waals surface area contributed by atoms with Gasteiger partial charge in [-0.1, -0.05) is 30.3 Å². The molecule has 1 fully saturated rings. The van der Waals surface area contributed by atoms with Crippen molar-refractivity contribution < 1.29 is 9.59 Å². The number of thiocarbonyl (C=S) groups is 1. The van der Waals surface area contributed by atoms with Crippen molar-refractivity contribution in [3.8, 4) is 0 Å². The van der Waals surface area contributed by atoms with Crippen LogP contribution in [-0.2, 0) is 9.59 Å². The van der Waals surface area contributed by atoms with Crippen LogP contribution in [0.25, 0.3) is 6.08 Å². The van der Waals surface area contributed by atoms with Crippen LogP contribution in [0.15, 0.2) is 42.5 Å². The summed E-state index contributed by atoms with van der Waals surface area (Å²) >= 11 is 4.99. The Balaban J connectivity index is 2.42. The molecular formula is C15H14N2O2S. The second-order valence-electron chi connectivity index (χ2n) is 4.38. The summed E-state index contributed by atoms with van der Waals surface area (Å²) in [6.07, 6.45) is 3.15. The van der Waals surface area contributed by atoms with Crippen molar-refractivity contribution in [3.63, 3.8) is 0 Å². The smallest absolute Gasteiger partial charge is 0.265 e. The number of hydrogen-bond donors (Lipinski definition) is 1. The molecule has 0 radical (unpaired) electrons. The lowest BCUT2D eigenvalue weighted by Gasteiger charge is -2.27. The molecule has 1 heterocycles. The highest BCUT2D eigenvalue weighted by Crippen LogP contribution is 2.16. The Morgan fingerprint density at radius 1 is 1.35 bits per heavy atom. The Labute approximate surface area is 122 Å². The maximum atomic E-state index is 12.3. The molecule has 1 aliphatic heterocycles. The van der Waals surface area contributed by atoms with Crippen molar-refractivity contribution in [2.24, 2.45) is 0 Å². The van der Waals surface area contributed by atoms with Gasteiger partial charge in [-0.05, 0) is 36.3 Å². The van der Waals surface area contributed by atoms with Crippen molar-refractivity contribution in [2.75, 3.05) is 6.54 Å². The van der Waals surface area contributed by atoms with Crippen molar-refractivity contribution in [2.45, 2.75) is 6.92 Å². The van der Waals surface area contributed by atoms with Crippen molar-refractivity contribution in [1.82, 2.24) is 10.2 Å². The zero-order valence-corrected chi connectivity index (χ0v) is 11.9. The fraction of sp³-hybridized carbons (Fsp3) is 0.133. The van der Waals surface area contributed by atoms with Gasteiger partial charge in [0, 0.05) is 6.54 Å². The third-order valence-electron chi connectivity index (χ3n) is 2.99. The van der Waals surface area contributed by atoms with Crippen LogP contribution in [0.3, 0.4) is 0 Å². The minimum Gasteiger partial charge on any atom is -0.298 e. The first-order valence-corrected chi connectivity index (χ1v) is 6.51. The molecule has 1 saturated heterocycles. The summed E-state index contributed by atoms with van der Waals surface area (Å²) in [5.74, 6) is -0.870. The summed E-state index contributed by atoms with van der Waals surface area (Å²) < 4.78 is 0. The lowest BCUT2D eigenvalue weighted by Crippen LogP contribution is -2.53. The molecule has 0 atom stereocenters. The molecule has 2 rings (SSSR count). The molecule has 1 aromatic rings. The second-order valence-corrected chi connectivity index (χ2v) is 4.77. The summed E-state index contributed by atoms with van der Waals surface area (Å²) in [6, 6.07) is 7.54. The molecule has 0 saturated carbocycles. The van der Waals surface area contributed by atoms with Gasteiger partial charge in [0.05, 0.1) is 0 Å². The van der Waals surface area contributed by atoms with Gasteiger partial charge in [0.2, 0.25) is 0 Å². The third-order valence-corrected chi connectivity index (χ3v) is 3.31. The van der Waals surface area contributed by atoms with E-state index in [1.54, 1.807) is 12.2 Å². The van der Waals surface area contributed by atoms with E-state index in [-0.39, 0.29) is 17.2 Å². The molecule has 4 nitrogen and oxygen atoms in total. The van der Waals surface area contributed by atoms with Crippen molar-refractivity contribution >= 4 is 35.2 Å². The Morgan fingerprint density at radius 2 is 2.05 bits per heavy atom. The fourth-order valence-corrected chi connectivity index (χ4v) is 2.14. The molecule has 0 aromatic heterocycles. The summed E-state index contributed by atoms with van der Waals surface area (Å²) in [5, 5.41) is 2.63. The number of carbonyl (C=O) groups excluding carboxylic acids is 2. The van der Waals surface area contributed by atoms with Crippen LogP contribution in [0, 0.1) is 6.92 Å². The molecule has 1 aliphatic rings. The predicted molar refractivity (Wildman–Crippen MR) is 81.8 cm³/mol. The molecule has 102 valence electrons. The van der Waals surface area contributed by atoms with E-state index in [9.17, 15) is 9.59 Å². The molecule has 0 aliphatic carbocycles. The quantitative estimate of drug-likeness (QED) is 0.399. The maximum Gasteiger partial charge on any atom is 0.265 e. The van der Waals surface area contributed by atoms with Gasteiger partial charge in [0.25, 0.3) is 11.8 Å². The van der Waals surface area contributed by atoms with E-state index in [0.717, 1.165) is 11.1 Å². The highest BCUT2D eigenvalue weighted by Gasteiger charge is 2.32. The number of aryl methyl sites for hydroxylation is 1. The molecular weight excluding hydrogens is 272 g/mol. The van der Waals surface area contributed by atoms with Gasteiger partial charge in [-0.25, -0.2) is 0 Å². The normalized spacial score (nSPS) is 17.4. The number of carbonyl (C=O) groups is 2. The first-order valence-electron chi connectivity index (χ1n) is 6.10. The average Bonchev–Trinajstić information content (AvgIpc) is 2.41. The number of hydrogen-bond acceptors (Lipinski definition) is 3. The van der Waals surface area contributed by atoms with Gasteiger partial charge in [-0.2, -0.15) is 0 Å². The summed E-state index contributed by atoms with van der Waals surface area (Å²) in [6.45, 7) is 5.77. The van der Waals surface area contributed by atoms with Crippen LogP contribution in [0.5, 0.6) is 0 Å². The van der Waals surface area contributed by atoms with E-state index in [0.29, 0.717) is 0 Å². The van der Waals surface area contributed by atoms with Crippen LogP contribution in [0.1, 0.15) is 11.1 Å². The van der Waals surface area contributed by atoms with E-state index in [1.807, 2.05) is 31.2 Å². The number of benzene rings is 1. The SMILES string of the molecule is C=CCN1C(=O)/C(=C/c2ccccc2C)C(=O)NC1=S. The molecule has 0 unspecified atom stereocenters. The molecule has 1 N–H and O–H groups in total. The van der Waals surface area contributed by atoms with Gasteiger partial charge in [0.15, 0.2) is 5.11 Å². The van der Waals surface area contributed by atoms with E-state index in [2.05, 4.69) is 11.9 Å². The number of rotatable bonds is 3. The van der Waals surface area contributed by atoms with Crippen LogP contribution in [-0.4, -0.2) is 28.4 Å². The summed E-state index contributed by atoms with van der Waals surface area (Å²) in [4.78, 5) is 25.6. The monoisotopic (exact) mass is 286 g/mol. The van der Waals surface area contributed by atoms with Gasteiger partial charge < -0.3 is 0 Å². The minimum absolute atomic E-state index is 0.0785. The van der Waals surface area contributed by atoms with Crippen molar-refractivity contribution in [1.29, 1.82) is 0 Å². The second kappa shape index (κ2) is 5.79. The number of nitrogens with one attached hydrogen (secondary N) is 1. The van der Waals surface area contributed by atoms with Crippen LogP contribution < -0.4 is 5.32 Å². The Kier molecular flexibility index (Phi) is 4.10. The van der Waals surface area contributed by atoms with Crippen LogP contribution >= 0.6 is 12.2 Å². The van der Waals surface area contributed by atoms with Gasteiger partial charge in [-0.3, -0.25) is 19.8 Å². The minimum atomic E-state index is -0.469. The predicted octanol–water partition coefficient (Wildman–Crippen LogP) is 1.81.